The van der Waals surface area contributed by atoms with Crippen LogP contribution in [0.3, 0.4) is 0 Å². The number of furan rings is 1. The van der Waals surface area contributed by atoms with Crippen LogP contribution in [-0.2, 0) is 6.61 Å². The molecule has 1 aromatic carbocycles. The number of nitrogens with zero attached hydrogens (tertiary/aromatic N) is 1. The van der Waals surface area contributed by atoms with Crippen molar-refractivity contribution in [2.75, 3.05) is 13.2 Å². The lowest BCUT2D eigenvalue weighted by molar-refractivity contribution is 0.101. The fourth-order valence-electron chi connectivity index (χ4n) is 2.77. The Morgan fingerprint density at radius 3 is 2.79 bits per heavy atom. The molecule has 0 spiro atoms. The molecule has 122 valence electrons. The van der Waals surface area contributed by atoms with Gasteiger partial charge in [-0.1, -0.05) is 0 Å². The molecule has 1 aliphatic heterocycles. The molecule has 24 heavy (non-hydrogen) atoms. The summed E-state index contributed by atoms with van der Waals surface area (Å²) in [7, 11) is 0. The van der Waals surface area contributed by atoms with Gasteiger partial charge in [-0.25, -0.2) is 0 Å². The molecule has 6 heteroatoms. The molecule has 0 atom stereocenters. The minimum atomic E-state index is -0.258. The molecule has 0 bridgehead atoms. The molecular formula is C18H15NO5. The van der Waals surface area contributed by atoms with E-state index in [0.717, 1.165) is 0 Å². The molecular weight excluding hydrogens is 310 g/mol. The van der Waals surface area contributed by atoms with Crippen LogP contribution in [0.15, 0.2) is 34.9 Å². The van der Waals surface area contributed by atoms with Crippen molar-refractivity contribution in [3.8, 4) is 11.5 Å². The first-order chi connectivity index (χ1) is 11.7. The van der Waals surface area contributed by atoms with E-state index >= 15 is 0 Å². The van der Waals surface area contributed by atoms with Gasteiger partial charge in [0.1, 0.15) is 13.2 Å². The number of hydrogen-bond donors (Lipinski definition) is 1. The first kappa shape index (κ1) is 14.7. The fraction of sp³-hybridized carbons (Fsp3) is 0.222. The molecule has 4 rings (SSSR count). The maximum atomic E-state index is 12.7. The van der Waals surface area contributed by atoms with Crippen LogP contribution in [0, 0.1) is 6.92 Å². The van der Waals surface area contributed by atoms with Gasteiger partial charge in [0.2, 0.25) is 5.78 Å². The van der Waals surface area contributed by atoms with E-state index in [0.29, 0.717) is 52.5 Å². The zero-order valence-corrected chi connectivity index (χ0v) is 13.0. The van der Waals surface area contributed by atoms with Gasteiger partial charge in [-0.2, -0.15) is 0 Å². The molecule has 0 fully saturated rings. The predicted molar refractivity (Wildman–Crippen MR) is 85.5 cm³/mol. The highest BCUT2D eigenvalue weighted by molar-refractivity contribution is 6.09. The number of carbonyl (C=O) groups is 1. The van der Waals surface area contributed by atoms with Crippen LogP contribution in [0.4, 0.5) is 0 Å². The Hall–Kier alpha value is -2.86. The maximum Gasteiger partial charge on any atom is 0.228 e. The van der Waals surface area contributed by atoms with Gasteiger partial charge in [-0.15, -0.1) is 0 Å². The second-order valence-electron chi connectivity index (χ2n) is 5.57. The van der Waals surface area contributed by atoms with Crippen LogP contribution in [0.25, 0.3) is 11.0 Å². The first-order valence-corrected chi connectivity index (χ1v) is 7.60. The van der Waals surface area contributed by atoms with E-state index in [2.05, 4.69) is 4.98 Å². The van der Waals surface area contributed by atoms with Crippen LogP contribution in [0.1, 0.15) is 27.4 Å². The predicted octanol–water partition coefficient (Wildman–Crippen LogP) is 2.63. The fourth-order valence-corrected chi connectivity index (χ4v) is 2.77. The zero-order chi connectivity index (χ0) is 16.7. The molecule has 0 saturated carbocycles. The number of ether oxygens (including phenoxy) is 2. The van der Waals surface area contributed by atoms with Crippen LogP contribution >= 0.6 is 0 Å². The molecule has 3 heterocycles. The summed E-state index contributed by atoms with van der Waals surface area (Å²) < 4.78 is 16.7. The number of carbonyl (C=O) groups excluding carboxylic acids is 1. The highest BCUT2D eigenvalue weighted by Gasteiger charge is 2.20. The van der Waals surface area contributed by atoms with Gasteiger partial charge in [0.25, 0.3) is 0 Å². The lowest BCUT2D eigenvalue weighted by atomic mass is 10.1. The average molecular weight is 325 g/mol. The number of pyridine rings is 1. The zero-order valence-electron chi connectivity index (χ0n) is 13.0. The summed E-state index contributed by atoms with van der Waals surface area (Å²) in [6.45, 7) is 2.59. The number of fused-ring (bicyclic) bond motifs is 2. The molecule has 0 saturated heterocycles. The molecule has 1 aliphatic rings. The molecule has 0 radical (unpaired) electrons. The van der Waals surface area contributed by atoms with E-state index in [1.165, 1.54) is 0 Å². The lowest BCUT2D eigenvalue weighted by Crippen LogP contribution is -2.15. The monoisotopic (exact) mass is 325 g/mol. The maximum absolute atomic E-state index is 12.7. The summed E-state index contributed by atoms with van der Waals surface area (Å²) in [4.78, 5) is 16.9. The molecule has 3 aromatic rings. The van der Waals surface area contributed by atoms with Gasteiger partial charge >= 0.3 is 0 Å². The third-order valence-corrected chi connectivity index (χ3v) is 4.02. The summed E-state index contributed by atoms with van der Waals surface area (Å²) in [5.74, 6) is 1.13. The minimum absolute atomic E-state index is 0.166. The Kier molecular flexibility index (Phi) is 3.46. The second-order valence-corrected chi connectivity index (χ2v) is 5.57. The van der Waals surface area contributed by atoms with Crippen LogP contribution in [0.2, 0.25) is 0 Å². The quantitative estimate of drug-likeness (QED) is 0.746. The summed E-state index contributed by atoms with van der Waals surface area (Å²) >= 11 is 0. The largest absolute Gasteiger partial charge is 0.486 e. The van der Waals surface area contributed by atoms with Crippen molar-refractivity contribution in [2.45, 2.75) is 13.5 Å². The molecule has 2 aromatic heterocycles. The Morgan fingerprint density at radius 1 is 1.21 bits per heavy atom. The number of rotatable bonds is 3. The van der Waals surface area contributed by atoms with Gasteiger partial charge in [-0.3, -0.25) is 9.78 Å². The van der Waals surface area contributed by atoms with E-state index in [1.54, 1.807) is 37.4 Å². The number of aromatic nitrogens is 1. The first-order valence-electron chi connectivity index (χ1n) is 7.60. The SMILES string of the molecule is Cc1ncc(CO)c2cc(C(=O)c3ccc4c(c3)OCCO4)oc12. The number of hydrogen-bond acceptors (Lipinski definition) is 6. The number of aryl methyl sites for hydroxylation is 1. The Labute approximate surface area is 137 Å². The van der Waals surface area contributed by atoms with Gasteiger partial charge in [0.05, 0.1) is 12.3 Å². The van der Waals surface area contributed by atoms with E-state index in [4.69, 9.17) is 13.9 Å². The second kappa shape index (κ2) is 5.65. The third kappa shape index (κ3) is 2.32. The highest BCUT2D eigenvalue weighted by Crippen LogP contribution is 2.32. The van der Waals surface area contributed by atoms with Crippen molar-refractivity contribution in [2.24, 2.45) is 0 Å². The summed E-state index contributed by atoms with van der Waals surface area (Å²) in [5.41, 5.74) is 2.26. The Bertz CT molecular complexity index is 944. The number of aliphatic hydroxyl groups is 1. The van der Waals surface area contributed by atoms with E-state index < -0.39 is 0 Å². The van der Waals surface area contributed by atoms with Gasteiger partial charge in [-0.05, 0) is 31.2 Å². The molecule has 0 unspecified atom stereocenters. The van der Waals surface area contributed by atoms with E-state index in [9.17, 15) is 9.90 Å². The number of benzene rings is 1. The summed E-state index contributed by atoms with van der Waals surface area (Å²) in [5, 5.41) is 10.1. The standard InChI is InChI=1S/C18H15NO5/c1-10-18-13(12(9-20)8-19-10)7-16(24-18)17(21)11-2-3-14-15(6-11)23-5-4-22-14/h2-3,6-8,20H,4-5,9H2,1H3. The lowest BCUT2D eigenvalue weighted by Gasteiger charge is -2.18. The van der Waals surface area contributed by atoms with Crippen LogP contribution in [-0.4, -0.2) is 29.1 Å². The topological polar surface area (TPSA) is 81.8 Å². The third-order valence-electron chi connectivity index (χ3n) is 4.02. The smallest absolute Gasteiger partial charge is 0.228 e. The Balaban J connectivity index is 1.77. The van der Waals surface area contributed by atoms with Crippen molar-refractivity contribution in [3.63, 3.8) is 0 Å². The van der Waals surface area contributed by atoms with Gasteiger partial charge in [0.15, 0.2) is 22.8 Å². The molecule has 0 aliphatic carbocycles. The average Bonchev–Trinajstić information content (AvgIpc) is 3.07. The van der Waals surface area contributed by atoms with Gasteiger partial charge < -0.3 is 19.0 Å². The highest BCUT2D eigenvalue weighted by atomic mass is 16.6. The van der Waals surface area contributed by atoms with E-state index in [1.807, 2.05) is 0 Å². The molecule has 6 nitrogen and oxygen atoms in total. The number of ketones is 1. The summed E-state index contributed by atoms with van der Waals surface area (Å²) in [6.07, 6.45) is 1.59. The summed E-state index contributed by atoms with van der Waals surface area (Å²) in [6, 6.07) is 6.70. The normalized spacial score (nSPS) is 13.2. The van der Waals surface area contributed by atoms with E-state index in [-0.39, 0.29) is 18.2 Å². The van der Waals surface area contributed by atoms with Crippen molar-refractivity contribution >= 4 is 16.8 Å². The molecule has 1 N–H and O–H groups in total. The van der Waals surface area contributed by atoms with Crippen molar-refractivity contribution in [3.05, 3.63) is 53.0 Å². The van der Waals surface area contributed by atoms with Crippen molar-refractivity contribution in [1.29, 1.82) is 0 Å². The van der Waals surface area contributed by atoms with Crippen LogP contribution in [0.5, 0.6) is 11.5 Å². The Morgan fingerprint density at radius 2 is 2.00 bits per heavy atom. The van der Waals surface area contributed by atoms with Gasteiger partial charge in [0, 0.05) is 22.7 Å². The minimum Gasteiger partial charge on any atom is -0.486 e. The number of aliphatic hydroxyl groups excluding tert-OH is 1. The van der Waals surface area contributed by atoms with Crippen molar-refractivity contribution < 1.29 is 23.8 Å². The van der Waals surface area contributed by atoms with Crippen LogP contribution < -0.4 is 9.47 Å². The van der Waals surface area contributed by atoms with Crippen molar-refractivity contribution in [1.82, 2.24) is 4.98 Å². The molecule has 0 amide bonds.